The van der Waals surface area contributed by atoms with Crippen molar-refractivity contribution in [1.82, 2.24) is 0 Å². The van der Waals surface area contributed by atoms with Gasteiger partial charge in [0, 0.05) is 0 Å². The van der Waals surface area contributed by atoms with Crippen LogP contribution in [0.5, 0.6) is 0 Å². The second kappa shape index (κ2) is 53.9. The number of quaternary nitrogens is 4. The molecule has 0 aromatic heterocycles. The van der Waals surface area contributed by atoms with Crippen LogP contribution in [-0.4, -0.2) is 123 Å². The molecule has 0 saturated carbocycles. The Bertz CT molecular complexity index is 454. The van der Waals surface area contributed by atoms with Gasteiger partial charge in [-0.15, -0.1) is 0 Å². The van der Waals surface area contributed by atoms with Gasteiger partial charge in [0.05, 0.1) is 105 Å². The van der Waals surface area contributed by atoms with E-state index in [1.807, 2.05) is 0 Å². The van der Waals surface area contributed by atoms with Crippen LogP contribution in [0, 0.1) is 0 Å². The number of hydrogen-bond donors (Lipinski definition) is 0. The summed E-state index contributed by atoms with van der Waals surface area (Å²) in [6, 6.07) is 0. The van der Waals surface area contributed by atoms with E-state index in [2.05, 4.69) is 111 Å². The second-order valence-corrected chi connectivity index (χ2v) is 16.9. The number of rotatable bonds is 32. The van der Waals surface area contributed by atoms with Crippen LogP contribution >= 0.6 is 0 Å². The van der Waals surface area contributed by atoms with Gasteiger partial charge in [0.2, 0.25) is 0 Å². The summed E-state index contributed by atoms with van der Waals surface area (Å²) >= 11 is 0. The zero-order chi connectivity index (χ0) is 40.6. The van der Waals surface area contributed by atoms with Gasteiger partial charge < -0.3 is 114 Å². The van der Waals surface area contributed by atoms with Crippen molar-refractivity contribution in [2.75, 3.05) is 105 Å². The van der Waals surface area contributed by atoms with Crippen molar-refractivity contribution in [1.29, 1.82) is 0 Å². The van der Waals surface area contributed by atoms with E-state index in [4.69, 9.17) is 0 Å². The minimum atomic E-state index is 0. The van der Waals surface area contributed by atoms with E-state index >= 15 is 0 Å². The lowest BCUT2D eigenvalue weighted by Crippen LogP contribution is -3.00. The Morgan fingerprint density at radius 2 is 0.196 bits per heavy atom. The van der Waals surface area contributed by atoms with Crippen molar-refractivity contribution in [2.45, 2.75) is 214 Å². The van der Waals surface area contributed by atoms with Crippen LogP contribution in [0.1, 0.15) is 214 Å². The summed E-state index contributed by atoms with van der Waals surface area (Å²) in [6.07, 6.45) is 21.3. The first-order valence-electron chi connectivity index (χ1n) is 24.4. The average molecular weight is 1250 g/mol. The molecular weight excluding hydrogens is 1140 g/mol. The summed E-state index contributed by atoms with van der Waals surface area (Å²) in [7, 11) is 0. The summed E-state index contributed by atoms with van der Waals surface area (Å²) in [5.41, 5.74) is 0. The van der Waals surface area contributed by atoms with Gasteiger partial charge in [-0.25, -0.2) is 0 Å². The largest absolute Gasteiger partial charge is 1.00 e. The molecule has 0 heterocycles. The van der Waals surface area contributed by atoms with Gasteiger partial charge in [-0.3, -0.25) is 0 Å². The van der Waals surface area contributed by atoms with Gasteiger partial charge in [-0.05, 0) is 103 Å². The molecule has 0 bridgehead atoms. The Labute approximate surface area is 427 Å². The molecule has 0 aromatic carbocycles. The molecule has 0 aliphatic heterocycles. The minimum Gasteiger partial charge on any atom is -1.00 e. The van der Waals surface area contributed by atoms with Gasteiger partial charge in [0.15, 0.2) is 0 Å². The van der Waals surface area contributed by atoms with Gasteiger partial charge in [-0.2, -0.15) is 0 Å². The highest BCUT2D eigenvalue weighted by molar-refractivity contribution is 4.47. The molecule has 0 spiro atoms. The second-order valence-electron chi connectivity index (χ2n) is 16.9. The van der Waals surface area contributed by atoms with Crippen LogP contribution in [0.3, 0.4) is 0 Å². The maximum absolute atomic E-state index is 2.31. The number of halogens is 4. The predicted octanol–water partition coefficient (Wildman–Crippen LogP) is 1.79. The molecule has 0 saturated heterocycles. The van der Waals surface area contributed by atoms with Gasteiger partial charge >= 0.3 is 0 Å². The fourth-order valence-corrected chi connectivity index (χ4v) is 10.3. The molecule has 0 unspecified atom stereocenters. The molecule has 0 radical (unpaired) electrons. The van der Waals surface area contributed by atoms with Crippen LogP contribution < -0.4 is 95.9 Å². The normalized spacial score (nSPS) is 11.1. The molecule has 0 N–H and O–H groups in total. The first kappa shape index (κ1) is 76.1. The quantitative estimate of drug-likeness (QED) is 0.0714. The smallest absolute Gasteiger partial charge is 0.0783 e. The van der Waals surface area contributed by atoms with Gasteiger partial charge in [-0.1, -0.05) is 111 Å². The highest BCUT2D eigenvalue weighted by atomic mass is 127. The van der Waals surface area contributed by atoms with E-state index in [1.54, 1.807) is 0 Å². The van der Waals surface area contributed by atoms with Crippen LogP contribution in [-0.2, 0) is 0 Å². The fourth-order valence-electron chi connectivity index (χ4n) is 10.3. The molecule has 0 rings (SSSR count). The zero-order valence-corrected chi connectivity index (χ0v) is 50.6. The Kier molecular flexibility index (Phi) is 73.2. The first-order valence-corrected chi connectivity index (χ1v) is 24.4. The maximum atomic E-state index is 2.31. The molecule has 56 heavy (non-hydrogen) atoms. The number of hydrogen-bond acceptors (Lipinski definition) is 0. The summed E-state index contributed by atoms with van der Waals surface area (Å²) in [4.78, 5) is 0. The third-order valence-electron chi connectivity index (χ3n) is 11.2. The van der Waals surface area contributed by atoms with Crippen LogP contribution in [0.4, 0.5) is 0 Å². The maximum Gasteiger partial charge on any atom is 0.0783 e. The fraction of sp³-hybridized carbons (Fsp3) is 1.00. The van der Waals surface area contributed by atoms with Crippen LogP contribution in [0.25, 0.3) is 0 Å². The topological polar surface area (TPSA) is 0 Å². The Hall–Kier alpha value is 2.76. The van der Waals surface area contributed by atoms with Crippen LogP contribution in [0.15, 0.2) is 0 Å². The molecule has 0 aromatic rings. The highest BCUT2D eigenvalue weighted by Gasteiger charge is 2.25. The Morgan fingerprint density at radius 1 is 0.143 bits per heavy atom. The summed E-state index contributed by atoms with van der Waals surface area (Å²) in [5, 5.41) is 0. The van der Waals surface area contributed by atoms with Crippen molar-refractivity contribution in [2.24, 2.45) is 0 Å². The summed E-state index contributed by atoms with van der Waals surface area (Å²) in [6.45, 7) is 59.2. The predicted molar refractivity (Wildman–Crippen MR) is 244 cm³/mol. The van der Waals surface area contributed by atoms with Crippen molar-refractivity contribution in [3.05, 3.63) is 0 Å². The first-order chi connectivity index (χ1) is 25.0. The van der Waals surface area contributed by atoms with Crippen molar-refractivity contribution in [3.63, 3.8) is 0 Å². The van der Waals surface area contributed by atoms with Crippen molar-refractivity contribution in [3.8, 4) is 0 Å². The molecule has 352 valence electrons. The molecular formula is C48H112I4N4. The van der Waals surface area contributed by atoms with E-state index in [1.165, 1.54) is 225 Å². The lowest BCUT2D eigenvalue weighted by atomic mass is 10.2. The monoisotopic (exact) mass is 1250 g/mol. The third kappa shape index (κ3) is 39.6. The number of nitrogens with zero attached hydrogens (tertiary/aromatic N) is 4. The van der Waals surface area contributed by atoms with Gasteiger partial charge in [0.25, 0.3) is 0 Å². The molecule has 0 amide bonds. The lowest BCUT2D eigenvalue weighted by molar-refractivity contribution is -0.928. The van der Waals surface area contributed by atoms with E-state index in [9.17, 15) is 0 Å². The SMILES string of the molecule is CCC[N+](CCC)(CCC)CCC.CCC[N+](CCC)(CCC)CCC.CCC[N+](CCC)(CCC)CCC.CCC[N+](CCC)(CCC)CCC.[I-].[I-].[I-].[I-]. The molecule has 0 fully saturated rings. The summed E-state index contributed by atoms with van der Waals surface area (Å²) < 4.78 is 5.50. The Balaban J connectivity index is -0.0000000893. The summed E-state index contributed by atoms with van der Waals surface area (Å²) in [5.74, 6) is 0. The van der Waals surface area contributed by atoms with E-state index in [-0.39, 0.29) is 95.9 Å². The lowest BCUT2D eigenvalue weighted by Gasteiger charge is -2.38. The van der Waals surface area contributed by atoms with E-state index in [0.717, 1.165) is 0 Å². The van der Waals surface area contributed by atoms with E-state index < -0.39 is 0 Å². The highest BCUT2D eigenvalue weighted by Crippen LogP contribution is 2.15. The van der Waals surface area contributed by atoms with Crippen molar-refractivity contribution < 1.29 is 114 Å². The van der Waals surface area contributed by atoms with Crippen LogP contribution in [0.2, 0.25) is 0 Å². The Morgan fingerprint density at radius 3 is 0.232 bits per heavy atom. The minimum absolute atomic E-state index is 0. The molecule has 0 aliphatic carbocycles. The third-order valence-corrected chi connectivity index (χ3v) is 11.2. The average Bonchev–Trinajstić information content (AvgIpc) is 3.08. The van der Waals surface area contributed by atoms with E-state index in [0.29, 0.717) is 0 Å². The standard InChI is InChI=1S/4C12H28N.4HI/c4*1-5-9-13(10-6-2,11-7-3)12-8-4;;;;/h4*5-12H2,1-4H3;4*1H/q4*+1;;;;/p-4. The molecule has 4 nitrogen and oxygen atoms in total. The van der Waals surface area contributed by atoms with Gasteiger partial charge in [0.1, 0.15) is 0 Å². The molecule has 8 heteroatoms. The molecule has 0 aliphatic rings. The molecule has 0 atom stereocenters. The zero-order valence-electron chi connectivity index (χ0n) is 41.9. The van der Waals surface area contributed by atoms with Crippen molar-refractivity contribution >= 4 is 0 Å².